The van der Waals surface area contributed by atoms with Crippen LogP contribution in [-0.2, 0) is 24.0 Å². The average Bonchev–Trinajstić information content (AvgIpc) is 3.15. The van der Waals surface area contributed by atoms with Gasteiger partial charge in [0, 0.05) is 12.1 Å². The van der Waals surface area contributed by atoms with Crippen LogP contribution >= 0.6 is 0 Å². The van der Waals surface area contributed by atoms with E-state index >= 15 is 0 Å². The molecule has 1 fully saturated rings. The van der Waals surface area contributed by atoms with Crippen molar-refractivity contribution >= 4 is 23.7 Å². The molecule has 10 heteroatoms. The number of cyclic esters (lactones) is 1. The molecule has 10 nitrogen and oxygen atoms in total. The van der Waals surface area contributed by atoms with Crippen LogP contribution in [0, 0.1) is 0 Å². The van der Waals surface area contributed by atoms with Crippen LogP contribution in [0.3, 0.4) is 0 Å². The highest BCUT2D eigenvalue weighted by Crippen LogP contribution is 2.17. The molecule has 2 heterocycles. The van der Waals surface area contributed by atoms with Crippen LogP contribution in [0.4, 0.5) is 0 Å². The first-order chi connectivity index (χ1) is 15.4. The molecule has 0 bridgehead atoms. The molecule has 0 aliphatic carbocycles. The Morgan fingerprint density at radius 2 is 2.09 bits per heavy atom. The number of carbonyl (C=O) groups excluding carboxylic acids is 4. The molecule has 1 aromatic carbocycles. The van der Waals surface area contributed by atoms with Crippen LogP contribution in [-0.4, -0.2) is 79.2 Å². The number of ether oxygens (including phenoxy) is 2. The van der Waals surface area contributed by atoms with Crippen molar-refractivity contribution in [1.29, 1.82) is 0 Å². The summed E-state index contributed by atoms with van der Waals surface area (Å²) >= 11 is 0. The molecule has 0 radical (unpaired) electrons. The van der Waals surface area contributed by atoms with Gasteiger partial charge in [0.15, 0.2) is 0 Å². The van der Waals surface area contributed by atoms with Crippen LogP contribution in [0.25, 0.3) is 0 Å². The lowest BCUT2D eigenvalue weighted by molar-refractivity contribution is -0.199. The first kappa shape index (κ1) is 23.3. The summed E-state index contributed by atoms with van der Waals surface area (Å²) in [7, 11) is 1.50. The molecular formula is C22H27N3O7. The Bertz CT molecular complexity index is 901. The number of hydrogen-bond donors (Lipinski definition) is 1. The predicted molar refractivity (Wildman–Crippen MR) is 112 cm³/mol. The number of methoxy groups -OCH3 is 1. The summed E-state index contributed by atoms with van der Waals surface area (Å²) in [6.45, 7) is 1.97. The number of rotatable bonds is 8. The number of carbonyl (C=O) groups is 4. The van der Waals surface area contributed by atoms with E-state index in [9.17, 15) is 19.2 Å². The van der Waals surface area contributed by atoms with E-state index in [1.165, 1.54) is 12.0 Å². The minimum Gasteiger partial charge on any atom is -0.497 e. The molecule has 1 aromatic rings. The van der Waals surface area contributed by atoms with Crippen molar-refractivity contribution in [2.45, 2.75) is 31.8 Å². The molecule has 2 aliphatic rings. The molecular weight excluding hydrogens is 418 g/mol. The molecule has 0 aromatic heterocycles. The van der Waals surface area contributed by atoms with E-state index < -0.39 is 29.9 Å². The number of nitrogens with zero attached hydrogens (tertiary/aromatic N) is 2. The smallest absolute Gasteiger partial charge is 0.308 e. The summed E-state index contributed by atoms with van der Waals surface area (Å²) in [5.74, 6) is -1.13. The van der Waals surface area contributed by atoms with E-state index in [0.29, 0.717) is 17.7 Å². The van der Waals surface area contributed by atoms with Crippen molar-refractivity contribution < 1.29 is 33.5 Å². The number of benzene rings is 1. The van der Waals surface area contributed by atoms with Crippen molar-refractivity contribution in [3.8, 4) is 5.75 Å². The number of hydroxylamine groups is 2. The van der Waals surface area contributed by atoms with Crippen molar-refractivity contribution in [3.63, 3.8) is 0 Å². The normalized spacial score (nSPS) is 20.5. The quantitative estimate of drug-likeness (QED) is 0.355. The summed E-state index contributed by atoms with van der Waals surface area (Å²) in [6.07, 6.45) is 3.91. The van der Waals surface area contributed by atoms with Crippen LogP contribution < -0.4 is 10.1 Å². The summed E-state index contributed by atoms with van der Waals surface area (Å²) in [4.78, 5) is 56.9. The third-order valence-electron chi connectivity index (χ3n) is 5.12. The monoisotopic (exact) mass is 445 g/mol. The maximum Gasteiger partial charge on any atom is 0.308 e. The molecule has 1 N–H and O–H groups in total. The molecule has 2 unspecified atom stereocenters. The van der Waals surface area contributed by atoms with Gasteiger partial charge in [0.1, 0.15) is 31.0 Å². The first-order valence-electron chi connectivity index (χ1n) is 10.4. The van der Waals surface area contributed by atoms with Crippen molar-refractivity contribution in [1.82, 2.24) is 15.3 Å². The lowest BCUT2D eigenvalue weighted by Crippen LogP contribution is -2.52. The van der Waals surface area contributed by atoms with Gasteiger partial charge in [-0.15, -0.1) is 0 Å². The third kappa shape index (κ3) is 5.64. The predicted octanol–water partition coefficient (Wildman–Crippen LogP) is 0.678. The van der Waals surface area contributed by atoms with Gasteiger partial charge < -0.3 is 19.7 Å². The van der Waals surface area contributed by atoms with Crippen LogP contribution in [0.2, 0.25) is 0 Å². The Labute approximate surface area is 186 Å². The standard InChI is InChI=1S/C22H27N3O7/c1-3-32-25(16-12-20(27)31-14-16)19(26)13-24-10-5-4-9-18(22(24)29)23-21(28)15-7-6-8-17(11-15)30-2/h4-8,11,16,18H,3,9-10,12-14H2,1-2H3,(H,23,28). The Morgan fingerprint density at radius 3 is 2.78 bits per heavy atom. The summed E-state index contributed by atoms with van der Waals surface area (Å²) in [6, 6.07) is 5.26. The molecule has 172 valence electrons. The molecule has 2 atom stereocenters. The third-order valence-corrected chi connectivity index (χ3v) is 5.12. The number of hydrogen-bond acceptors (Lipinski definition) is 7. The van der Waals surface area contributed by atoms with E-state index in [1.54, 1.807) is 43.3 Å². The van der Waals surface area contributed by atoms with Gasteiger partial charge in [-0.05, 0) is 31.5 Å². The molecule has 0 saturated carbocycles. The number of nitrogens with one attached hydrogen (secondary N) is 1. The van der Waals surface area contributed by atoms with Crippen molar-refractivity contribution in [2.24, 2.45) is 0 Å². The zero-order valence-electron chi connectivity index (χ0n) is 18.1. The van der Waals surface area contributed by atoms with Crippen molar-refractivity contribution in [3.05, 3.63) is 42.0 Å². The zero-order chi connectivity index (χ0) is 23.1. The average molecular weight is 445 g/mol. The summed E-state index contributed by atoms with van der Waals surface area (Å²) < 4.78 is 10.1. The lowest BCUT2D eigenvalue weighted by atomic mass is 10.1. The van der Waals surface area contributed by atoms with E-state index in [-0.39, 0.29) is 38.6 Å². The Kier molecular flexibility index (Phi) is 7.82. The largest absolute Gasteiger partial charge is 0.497 e. The molecule has 3 rings (SSSR count). The van der Waals surface area contributed by atoms with Gasteiger partial charge in [0.25, 0.3) is 11.8 Å². The molecule has 1 saturated heterocycles. The summed E-state index contributed by atoms with van der Waals surface area (Å²) in [5, 5.41) is 3.86. The fourth-order valence-corrected chi connectivity index (χ4v) is 3.52. The number of esters is 1. The number of amides is 3. The van der Waals surface area contributed by atoms with Gasteiger partial charge in [-0.1, -0.05) is 18.2 Å². The fraction of sp³-hybridized carbons (Fsp3) is 0.455. The maximum atomic E-state index is 13.1. The molecule has 2 aliphatic heterocycles. The van der Waals surface area contributed by atoms with E-state index in [1.807, 2.05) is 0 Å². The van der Waals surface area contributed by atoms with Crippen LogP contribution in [0.15, 0.2) is 36.4 Å². The minimum absolute atomic E-state index is 0.0405. The topological polar surface area (TPSA) is 114 Å². The van der Waals surface area contributed by atoms with Gasteiger partial charge in [-0.25, -0.2) is 5.06 Å². The van der Waals surface area contributed by atoms with E-state index in [2.05, 4.69) is 5.32 Å². The highest BCUT2D eigenvalue weighted by molar-refractivity contribution is 5.98. The second kappa shape index (κ2) is 10.8. The second-order valence-corrected chi connectivity index (χ2v) is 7.36. The zero-order valence-corrected chi connectivity index (χ0v) is 18.1. The Morgan fingerprint density at radius 1 is 1.28 bits per heavy atom. The highest BCUT2D eigenvalue weighted by atomic mass is 16.7. The maximum absolute atomic E-state index is 13.1. The van der Waals surface area contributed by atoms with Gasteiger partial charge in [-0.2, -0.15) is 0 Å². The van der Waals surface area contributed by atoms with Gasteiger partial charge in [0.2, 0.25) is 5.91 Å². The van der Waals surface area contributed by atoms with Gasteiger partial charge >= 0.3 is 5.97 Å². The molecule has 0 spiro atoms. The minimum atomic E-state index is -0.822. The Hall–Kier alpha value is -3.40. The van der Waals surface area contributed by atoms with Crippen LogP contribution in [0.1, 0.15) is 30.1 Å². The first-order valence-corrected chi connectivity index (χ1v) is 10.4. The fourth-order valence-electron chi connectivity index (χ4n) is 3.52. The van der Waals surface area contributed by atoms with Gasteiger partial charge in [0.05, 0.1) is 20.1 Å². The lowest BCUT2D eigenvalue weighted by Gasteiger charge is -2.29. The van der Waals surface area contributed by atoms with E-state index in [4.69, 9.17) is 14.3 Å². The van der Waals surface area contributed by atoms with Gasteiger partial charge in [-0.3, -0.25) is 24.0 Å². The molecule has 3 amide bonds. The highest BCUT2D eigenvalue weighted by Gasteiger charge is 2.35. The summed E-state index contributed by atoms with van der Waals surface area (Å²) in [5.41, 5.74) is 0.362. The Balaban J connectivity index is 1.67. The second-order valence-electron chi connectivity index (χ2n) is 7.36. The van der Waals surface area contributed by atoms with Crippen molar-refractivity contribution in [2.75, 3.05) is 33.4 Å². The molecule has 32 heavy (non-hydrogen) atoms. The SMILES string of the molecule is CCON(C(=O)CN1CC=CCC(NC(=O)c2cccc(OC)c2)C1=O)C1COC(=O)C1. The van der Waals surface area contributed by atoms with E-state index in [0.717, 1.165) is 5.06 Å². The van der Waals surface area contributed by atoms with Crippen LogP contribution in [0.5, 0.6) is 5.75 Å².